The maximum Gasteiger partial charge on any atom is 0.0802 e. The van der Waals surface area contributed by atoms with Gasteiger partial charge in [0.15, 0.2) is 0 Å². The van der Waals surface area contributed by atoms with E-state index in [0.717, 1.165) is 50.9 Å². The van der Waals surface area contributed by atoms with E-state index in [4.69, 9.17) is 5.10 Å². The summed E-state index contributed by atoms with van der Waals surface area (Å²) in [5.74, 6) is 0. The molecule has 132 valence electrons. The highest BCUT2D eigenvalue weighted by Gasteiger charge is 2.51. The second-order valence-corrected chi connectivity index (χ2v) is 7.66. The first-order valence-electron chi connectivity index (χ1n) is 9.20. The molecule has 26 heavy (non-hydrogen) atoms. The van der Waals surface area contributed by atoms with Gasteiger partial charge in [0.25, 0.3) is 0 Å². The average Bonchev–Trinajstić information content (AvgIpc) is 2.65. The molecular formula is C21H23N5. The summed E-state index contributed by atoms with van der Waals surface area (Å²) in [5.41, 5.74) is 3.41. The summed E-state index contributed by atoms with van der Waals surface area (Å²) in [5, 5.41) is 9.27. The molecule has 4 fully saturated rings. The van der Waals surface area contributed by atoms with E-state index in [1.54, 1.807) is 0 Å². The smallest absolute Gasteiger partial charge is 0.0802 e. The van der Waals surface area contributed by atoms with Gasteiger partial charge in [-0.3, -0.25) is 14.7 Å². The van der Waals surface area contributed by atoms with Crippen molar-refractivity contribution in [2.24, 2.45) is 15.6 Å². The Hall–Kier alpha value is -2.34. The molecule has 0 atom stereocenters. The van der Waals surface area contributed by atoms with E-state index in [1.165, 1.54) is 5.56 Å². The lowest BCUT2D eigenvalue weighted by Crippen LogP contribution is -2.74. The Morgan fingerprint density at radius 1 is 0.769 bits per heavy atom. The van der Waals surface area contributed by atoms with Gasteiger partial charge in [-0.2, -0.15) is 10.2 Å². The number of hydrogen-bond donors (Lipinski definition) is 0. The van der Waals surface area contributed by atoms with E-state index in [0.29, 0.717) is 0 Å². The Bertz CT molecular complexity index is 793. The zero-order chi connectivity index (χ0) is 17.4. The topological polar surface area (TPSA) is 34.4 Å². The summed E-state index contributed by atoms with van der Waals surface area (Å²) >= 11 is 0. The predicted octanol–water partition coefficient (Wildman–Crippen LogP) is 2.32. The van der Waals surface area contributed by atoms with Crippen LogP contribution in [-0.2, 0) is 0 Å². The Morgan fingerprint density at radius 3 is 1.88 bits per heavy atom. The highest BCUT2D eigenvalue weighted by atomic mass is 15.5. The molecule has 2 aromatic rings. The Kier molecular flexibility index (Phi) is 3.93. The van der Waals surface area contributed by atoms with E-state index in [9.17, 15) is 0 Å². The summed E-state index contributed by atoms with van der Waals surface area (Å²) in [6.07, 6.45) is 1.85. The molecular weight excluding hydrogens is 322 g/mol. The summed E-state index contributed by atoms with van der Waals surface area (Å²) in [6.45, 7) is 6.42. The lowest BCUT2D eigenvalue weighted by atomic mass is 9.74. The fourth-order valence-electron chi connectivity index (χ4n) is 4.70. The third-order valence-electron chi connectivity index (χ3n) is 5.49. The molecule has 4 aliphatic heterocycles. The zero-order valence-corrected chi connectivity index (χ0v) is 14.8. The molecule has 0 unspecified atom stereocenters. The van der Waals surface area contributed by atoms with Crippen LogP contribution in [0, 0.1) is 5.41 Å². The van der Waals surface area contributed by atoms with Crippen molar-refractivity contribution in [2.45, 2.75) is 0 Å². The van der Waals surface area contributed by atoms with Gasteiger partial charge < -0.3 is 0 Å². The molecule has 2 aromatic carbocycles. The van der Waals surface area contributed by atoms with Crippen LogP contribution < -0.4 is 0 Å². The van der Waals surface area contributed by atoms with E-state index in [1.807, 2.05) is 24.4 Å². The first-order valence-corrected chi connectivity index (χ1v) is 9.20. The molecule has 0 spiro atoms. The van der Waals surface area contributed by atoms with Crippen molar-refractivity contribution in [2.75, 3.05) is 39.6 Å². The summed E-state index contributed by atoms with van der Waals surface area (Å²) in [4.78, 5) is 7.57. The largest absolute Gasteiger partial charge is 0.276 e. The third-order valence-corrected chi connectivity index (χ3v) is 5.49. The maximum atomic E-state index is 4.79. The quantitative estimate of drug-likeness (QED) is 0.630. The minimum Gasteiger partial charge on any atom is -0.276 e. The van der Waals surface area contributed by atoms with Gasteiger partial charge in [-0.25, -0.2) is 0 Å². The second-order valence-electron chi connectivity index (χ2n) is 7.66. The molecule has 0 aromatic heterocycles. The van der Waals surface area contributed by atoms with Crippen LogP contribution >= 0.6 is 0 Å². The SMILES string of the molecule is C(=NN=C(c1ccccc1)C12CN3CN(CN(C3)C1)C2)c1ccccc1. The number of rotatable bonds is 4. The minimum absolute atomic E-state index is 0.0319. The van der Waals surface area contributed by atoms with Gasteiger partial charge >= 0.3 is 0 Å². The first kappa shape index (κ1) is 15.9. The van der Waals surface area contributed by atoms with E-state index in [-0.39, 0.29) is 5.41 Å². The lowest BCUT2D eigenvalue weighted by molar-refractivity contribution is -0.149. The molecule has 5 nitrogen and oxygen atoms in total. The highest BCUT2D eigenvalue weighted by molar-refractivity contribution is 6.05. The summed E-state index contributed by atoms with van der Waals surface area (Å²) in [6, 6.07) is 20.7. The molecule has 0 aliphatic carbocycles. The van der Waals surface area contributed by atoms with E-state index in [2.05, 4.69) is 62.3 Å². The summed E-state index contributed by atoms with van der Waals surface area (Å²) < 4.78 is 0. The molecule has 0 N–H and O–H groups in total. The van der Waals surface area contributed by atoms with Crippen LogP contribution in [0.3, 0.4) is 0 Å². The molecule has 0 radical (unpaired) electrons. The zero-order valence-electron chi connectivity index (χ0n) is 14.8. The van der Waals surface area contributed by atoms with Crippen LogP contribution in [0.4, 0.5) is 0 Å². The van der Waals surface area contributed by atoms with Gasteiger partial charge in [-0.1, -0.05) is 60.7 Å². The van der Waals surface area contributed by atoms with Crippen molar-refractivity contribution >= 4 is 11.9 Å². The van der Waals surface area contributed by atoms with Gasteiger partial charge in [0.1, 0.15) is 0 Å². The Balaban J connectivity index is 1.53. The van der Waals surface area contributed by atoms with Crippen LogP contribution in [0.2, 0.25) is 0 Å². The van der Waals surface area contributed by atoms with Crippen LogP contribution in [0.1, 0.15) is 11.1 Å². The monoisotopic (exact) mass is 345 g/mol. The maximum absolute atomic E-state index is 4.79. The second kappa shape index (κ2) is 6.43. The van der Waals surface area contributed by atoms with E-state index < -0.39 is 0 Å². The molecule has 4 saturated heterocycles. The standard InChI is InChI=1S/C21H23N5/c1-3-7-18(8-4-1)11-22-23-20(19-9-5-2-6-10-19)21-12-24-15-25(13-21)17-26(14-21)16-24/h1-11H,12-17H2. The van der Waals surface area contributed by atoms with Crippen molar-refractivity contribution in [3.05, 3.63) is 71.8 Å². The fourth-order valence-corrected chi connectivity index (χ4v) is 4.70. The van der Waals surface area contributed by atoms with E-state index >= 15 is 0 Å². The first-order chi connectivity index (χ1) is 12.8. The number of hydrogen-bond acceptors (Lipinski definition) is 5. The number of nitrogens with zero attached hydrogens (tertiary/aromatic N) is 5. The van der Waals surface area contributed by atoms with Crippen LogP contribution in [0.15, 0.2) is 70.9 Å². The van der Waals surface area contributed by atoms with Gasteiger partial charge in [0.2, 0.25) is 0 Å². The average molecular weight is 345 g/mol. The molecule has 4 heterocycles. The highest BCUT2D eigenvalue weighted by Crippen LogP contribution is 2.38. The van der Waals surface area contributed by atoms with Crippen molar-refractivity contribution in [1.29, 1.82) is 0 Å². The van der Waals surface area contributed by atoms with Crippen molar-refractivity contribution in [3.63, 3.8) is 0 Å². The van der Waals surface area contributed by atoms with Gasteiger partial charge in [-0.15, -0.1) is 0 Å². The van der Waals surface area contributed by atoms with Gasteiger partial charge in [-0.05, 0) is 11.1 Å². The molecule has 4 bridgehead atoms. The number of benzene rings is 2. The molecule has 4 aliphatic rings. The molecule has 5 heteroatoms. The van der Waals surface area contributed by atoms with Crippen LogP contribution in [0.5, 0.6) is 0 Å². The normalized spacial score (nSPS) is 33.1. The Labute approximate surface area is 154 Å². The minimum atomic E-state index is 0.0319. The lowest BCUT2D eigenvalue weighted by Gasteiger charge is -2.60. The van der Waals surface area contributed by atoms with Crippen molar-refractivity contribution in [1.82, 2.24) is 14.7 Å². The van der Waals surface area contributed by atoms with Crippen molar-refractivity contribution < 1.29 is 0 Å². The molecule has 0 amide bonds. The van der Waals surface area contributed by atoms with Gasteiger partial charge in [0.05, 0.1) is 37.3 Å². The third kappa shape index (κ3) is 2.88. The van der Waals surface area contributed by atoms with Crippen LogP contribution in [0.25, 0.3) is 0 Å². The molecule has 6 rings (SSSR count). The van der Waals surface area contributed by atoms with Gasteiger partial charge in [0, 0.05) is 19.6 Å². The molecule has 0 saturated carbocycles. The summed E-state index contributed by atoms with van der Waals surface area (Å²) in [7, 11) is 0. The van der Waals surface area contributed by atoms with Crippen molar-refractivity contribution in [3.8, 4) is 0 Å². The van der Waals surface area contributed by atoms with Crippen LogP contribution in [-0.4, -0.2) is 66.3 Å². The fraction of sp³-hybridized carbons (Fsp3) is 0.333. The Morgan fingerprint density at radius 2 is 1.31 bits per heavy atom. The predicted molar refractivity (Wildman–Crippen MR) is 104 cm³/mol.